The normalized spacial score (nSPS) is 11.8. The second kappa shape index (κ2) is 8.63. The van der Waals surface area contributed by atoms with Gasteiger partial charge in [-0.05, 0) is 5.92 Å². The van der Waals surface area contributed by atoms with Crippen molar-refractivity contribution in [3.8, 4) is 0 Å². The highest BCUT2D eigenvalue weighted by molar-refractivity contribution is 5.60. The molecule has 7 nitrogen and oxygen atoms in total. The first-order chi connectivity index (χ1) is 7.99. The van der Waals surface area contributed by atoms with Crippen molar-refractivity contribution in [2.45, 2.75) is 20.1 Å². The van der Waals surface area contributed by atoms with Gasteiger partial charge in [-0.25, -0.2) is 9.59 Å². The Balaban J connectivity index is 4.09. The summed E-state index contributed by atoms with van der Waals surface area (Å²) < 4.78 is 23.1. The van der Waals surface area contributed by atoms with Crippen LogP contribution in [0.1, 0.15) is 13.8 Å². The van der Waals surface area contributed by atoms with Crippen LogP contribution in [0.4, 0.5) is 9.59 Å². The van der Waals surface area contributed by atoms with Crippen molar-refractivity contribution in [2.24, 2.45) is 5.92 Å². The summed E-state index contributed by atoms with van der Waals surface area (Å²) in [6, 6.07) is 0. The van der Waals surface area contributed by atoms with Gasteiger partial charge in [0, 0.05) is 0 Å². The fourth-order valence-electron chi connectivity index (χ4n) is 0.766. The van der Waals surface area contributed by atoms with Gasteiger partial charge in [-0.2, -0.15) is 0 Å². The molecule has 0 aromatic carbocycles. The van der Waals surface area contributed by atoms with Crippen molar-refractivity contribution in [1.82, 2.24) is 0 Å². The SMILES string of the molecule is COC(=O)OCC(OCC(C)C)OC(=O)OC. The summed E-state index contributed by atoms with van der Waals surface area (Å²) in [5, 5.41) is 0. The van der Waals surface area contributed by atoms with E-state index in [1.165, 1.54) is 14.2 Å². The van der Waals surface area contributed by atoms with Gasteiger partial charge in [0.05, 0.1) is 20.8 Å². The van der Waals surface area contributed by atoms with Crippen LogP contribution in [0, 0.1) is 5.92 Å². The summed E-state index contributed by atoms with van der Waals surface area (Å²) in [5.41, 5.74) is 0. The quantitative estimate of drug-likeness (QED) is 0.522. The first-order valence-electron chi connectivity index (χ1n) is 5.06. The lowest BCUT2D eigenvalue weighted by Crippen LogP contribution is -2.29. The third kappa shape index (κ3) is 8.32. The van der Waals surface area contributed by atoms with Crippen molar-refractivity contribution in [3.63, 3.8) is 0 Å². The van der Waals surface area contributed by atoms with Crippen LogP contribution in [0.25, 0.3) is 0 Å². The lowest BCUT2D eigenvalue weighted by molar-refractivity contribution is -0.149. The topological polar surface area (TPSA) is 80.3 Å². The van der Waals surface area contributed by atoms with Crippen molar-refractivity contribution < 1.29 is 33.3 Å². The molecule has 100 valence electrons. The first-order valence-corrected chi connectivity index (χ1v) is 5.06. The molecule has 0 aliphatic carbocycles. The van der Waals surface area contributed by atoms with Gasteiger partial charge in [-0.1, -0.05) is 13.8 Å². The minimum Gasteiger partial charge on any atom is -0.438 e. The third-order valence-corrected chi connectivity index (χ3v) is 1.51. The van der Waals surface area contributed by atoms with Crippen LogP contribution in [-0.2, 0) is 23.7 Å². The Bertz CT molecular complexity index is 239. The van der Waals surface area contributed by atoms with Crippen LogP contribution in [0.3, 0.4) is 0 Å². The average molecular weight is 250 g/mol. The van der Waals surface area contributed by atoms with E-state index in [-0.39, 0.29) is 12.5 Å². The molecule has 0 heterocycles. The van der Waals surface area contributed by atoms with Crippen LogP contribution in [-0.4, -0.2) is 46.0 Å². The van der Waals surface area contributed by atoms with Gasteiger partial charge in [-0.3, -0.25) is 0 Å². The molecule has 0 fully saturated rings. The van der Waals surface area contributed by atoms with Crippen molar-refractivity contribution in [2.75, 3.05) is 27.4 Å². The smallest absolute Gasteiger partial charge is 0.438 e. The highest BCUT2D eigenvalue weighted by atomic mass is 16.8. The summed E-state index contributed by atoms with van der Waals surface area (Å²) in [7, 11) is 2.34. The Morgan fingerprint density at radius 2 is 1.59 bits per heavy atom. The maximum absolute atomic E-state index is 10.9. The summed E-state index contributed by atoms with van der Waals surface area (Å²) in [6.45, 7) is 3.95. The molecule has 1 unspecified atom stereocenters. The Morgan fingerprint density at radius 3 is 2.06 bits per heavy atom. The zero-order valence-corrected chi connectivity index (χ0v) is 10.4. The monoisotopic (exact) mass is 250 g/mol. The van der Waals surface area contributed by atoms with Gasteiger partial charge in [-0.15, -0.1) is 0 Å². The molecule has 0 amide bonds. The second-order valence-electron chi connectivity index (χ2n) is 3.49. The largest absolute Gasteiger partial charge is 0.510 e. The molecule has 1 atom stereocenters. The number of rotatable bonds is 6. The van der Waals surface area contributed by atoms with Crippen LogP contribution >= 0.6 is 0 Å². The number of carbonyl (C=O) groups is 2. The van der Waals surface area contributed by atoms with E-state index in [9.17, 15) is 9.59 Å². The lowest BCUT2D eigenvalue weighted by Gasteiger charge is -2.18. The van der Waals surface area contributed by atoms with E-state index in [1.54, 1.807) is 0 Å². The van der Waals surface area contributed by atoms with E-state index in [4.69, 9.17) is 9.47 Å². The predicted octanol–water partition coefficient (Wildman–Crippen LogP) is 1.55. The van der Waals surface area contributed by atoms with Gasteiger partial charge in [0.2, 0.25) is 6.29 Å². The molecule has 0 aliphatic rings. The van der Waals surface area contributed by atoms with E-state index in [0.29, 0.717) is 6.61 Å². The number of hydrogen-bond donors (Lipinski definition) is 0. The maximum atomic E-state index is 10.9. The van der Waals surface area contributed by atoms with Crippen LogP contribution < -0.4 is 0 Å². The molecule has 0 aliphatic heterocycles. The Kier molecular flexibility index (Phi) is 7.87. The van der Waals surface area contributed by atoms with Crippen LogP contribution in [0.5, 0.6) is 0 Å². The molecule has 0 saturated heterocycles. The zero-order valence-electron chi connectivity index (χ0n) is 10.4. The lowest BCUT2D eigenvalue weighted by atomic mass is 10.2. The second-order valence-corrected chi connectivity index (χ2v) is 3.49. The van der Waals surface area contributed by atoms with Crippen LogP contribution in [0.15, 0.2) is 0 Å². The van der Waals surface area contributed by atoms with Gasteiger partial charge in [0.15, 0.2) is 6.61 Å². The molecular formula is C10H18O7. The van der Waals surface area contributed by atoms with Crippen molar-refractivity contribution in [3.05, 3.63) is 0 Å². The molecule has 17 heavy (non-hydrogen) atoms. The minimum absolute atomic E-state index is 0.247. The molecule has 7 heteroatoms. The summed E-state index contributed by atoms with van der Waals surface area (Å²) in [4.78, 5) is 21.6. The molecule has 0 N–H and O–H groups in total. The van der Waals surface area contributed by atoms with E-state index >= 15 is 0 Å². The fourth-order valence-corrected chi connectivity index (χ4v) is 0.766. The van der Waals surface area contributed by atoms with E-state index in [0.717, 1.165) is 0 Å². The molecule has 0 spiro atoms. The van der Waals surface area contributed by atoms with Crippen LogP contribution in [0.2, 0.25) is 0 Å². The Morgan fingerprint density at radius 1 is 1.00 bits per heavy atom. The molecule has 0 rings (SSSR count). The number of carbonyl (C=O) groups excluding carboxylic acids is 2. The third-order valence-electron chi connectivity index (χ3n) is 1.51. The molecule has 0 aromatic rings. The maximum Gasteiger partial charge on any atom is 0.510 e. The molecule has 0 bridgehead atoms. The van der Waals surface area contributed by atoms with E-state index in [1.807, 2.05) is 13.8 Å². The minimum atomic E-state index is -1.01. The van der Waals surface area contributed by atoms with Gasteiger partial charge < -0.3 is 23.7 Å². The number of hydrogen-bond acceptors (Lipinski definition) is 7. The van der Waals surface area contributed by atoms with E-state index in [2.05, 4.69) is 14.2 Å². The van der Waals surface area contributed by atoms with Gasteiger partial charge >= 0.3 is 12.3 Å². The number of methoxy groups -OCH3 is 2. The van der Waals surface area contributed by atoms with Gasteiger partial charge in [0.1, 0.15) is 0 Å². The Hall–Kier alpha value is -1.50. The molecule has 0 saturated carbocycles. The van der Waals surface area contributed by atoms with E-state index < -0.39 is 18.6 Å². The first kappa shape index (κ1) is 15.5. The standard InChI is InChI=1S/C10H18O7/c1-7(2)5-15-8(17-10(12)14-4)6-16-9(11)13-3/h7-8H,5-6H2,1-4H3. The average Bonchev–Trinajstić information content (AvgIpc) is 2.31. The molecule has 0 aromatic heterocycles. The molecular weight excluding hydrogens is 232 g/mol. The summed E-state index contributed by atoms with van der Waals surface area (Å²) >= 11 is 0. The summed E-state index contributed by atoms with van der Waals surface area (Å²) in [6.07, 6.45) is -2.80. The highest BCUT2D eigenvalue weighted by Gasteiger charge is 2.18. The van der Waals surface area contributed by atoms with Crippen molar-refractivity contribution in [1.29, 1.82) is 0 Å². The summed E-state index contributed by atoms with van der Waals surface area (Å²) in [5.74, 6) is 0.247. The zero-order chi connectivity index (χ0) is 13.3. The van der Waals surface area contributed by atoms with Crippen molar-refractivity contribution >= 4 is 12.3 Å². The highest BCUT2D eigenvalue weighted by Crippen LogP contribution is 2.03. The molecule has 0 radical (unpaired) electrons. The predicted molar refractivity (Wildman–Crippen MR) is 56.4 cm³/mol. The fraction of sp³-hybridized carbons (Fsp3) is 0.800. The Labute approximate surface area is 99.9 Å². The van der Waals surface area contributed by atoms with Gasteiger partial charge in [0.25, 0.3) is 0 Å². The number of ether oxygens (including phenoxy) is 5.